The van der Waals surface area contributed by atoms with Gasteiger partial charge in [0.15, 0.2) is 0 Å². The third-order valence-corrected chi connectivity index (χ3v) is 3.18. The molecule has 0 aliphatic carbocycles. The molecule has 0 atom stereocenters. The van der Waals surface area contributed by atoms with E-state index in [1.165, 1.54) is 5.56 Å². The SMILES string of the molecule is Cc1ccc(Oc2cc(C)c(N)c(Cl)c2)c(C)c1. The Hall–Kier alpha value is -1.67. The van der Waals surface area contributed by atoms with E-state index in [0.29, 0.717) is 16.5 Å². The van der Waals surface area contributed by atoms with Crippen LogP contribution in [-0.4, -0.2) is 0 Å². The lowest BCUT2D eigenvalue weighted by atomic mass is 10.1. The lowest BCUT2D eigenvalue weighted by Crippen LogP contribution is -1.93. The molecule has 0 unspecified atom stereocenters. The smallest absolute Gasteiger partial charge is 0.130 e. The van der Waals surface area contributed by atoms with Gasteiger partial charge < -0.3 is 10.5 Å². The van der Waals surface area contributed by atoms with Gasteiger partial charge in [-0.15, -0.1) is 0 Å². The van der Waals surface area contributed by atoms with Crippen molar-refractivity contribution in [2.45, 2.75) is 20.8 Å². The predicted octanol–water partition coefficient (Wildman–Crippen LogP) is 4.64. The number of ether oxygens (including phenoxy) is 1. The van der Waals surface area contributed by atoms with Crippen molar-refractivity contribution in [2.24, 2.45) is 0 Å². The monoisotopic (exact) mass is 261 g/mol. The molecular weight excluding hydrogens is 246 g/mol. The molecule has 0 aromatic heterocycles. The summed E-state index contributed by atoms with van der Waals surface area (Å²) in [6.45, 7) is 5.99. The Morgan fingerprint density at radius 1 is 1.00 bits per heavy atom. The van der Waals surface area contributed by atoms with Crippen LogP contribution in [0.2, 0.25) is 5.02 Å². The summed E-state index contributed by atoms with van der Waals surface area (Å²) >= 11 is 6.05. The zero-order valence-electron chi connectivity index (χ0n) is 10.8. The summed E-state index contributed by atoms with van der Waals surface area (Å²) in [5, 5.41) is 0.523. The van der Waals surface area contributed by atoms with Gasteiger partial charge in [-0.2, -0.15) is 0 Å². The molecule has 0 fully saturated rings. The maximum absolute atomic E-state index is 6.05. The Balaban J connectivity index is 2.34. The molecule has 2 N–H and O–H groups in total. The highest BCUT2D eigenvalue weighted by atomic mass is 35.5. The molecule has 2 aromatic rings. The van der Waals surface area contributed by atoms with Gasteiger partial charge in [0.05, 0.1) is 10.7 Å². The molecule has 0 heterocycles. The summed E-state index contributed by atoms with van der Waals surface area (Å²) in [6, 6.07) is 9.70. The van der Waals surface area contributed by atoms with E-state index in [0.717, 1.165) is 16.9 Å². The molecule has 0 saturated heterocycles. The number of aryl methyl sites for hydroxylation is 3. The number of benzene rings is 2. The number of anilines is 1. The fourth-order valence-corrected chi connectivity index (χ4v) is 2.08. The average molecular weight is 262 g/mol. The van der Waals surface area contributed by atoms with E-state index in [9.17, 15) is 0 Å². The van der Waals surface area contributed by atoms with Crippen LogP contribution < -0.4 is 10.5 Å². The number of hydrogen-bond acceptors (Lipinski definition) is 2. The number of rotatable bonds is 2. The first-order valence-electron chi connectivity index (χ1n) is 5.78. The Morgan fingerprint density at radius 2 is 1.72 bits per heavy atom. The van der Waals surface area contributed by atoms with E-state index in [-0.39, 0.29) is 0 Å². The minimum absolute atomic E-state index is 0.523. The molecule has 0 bridgehead atoms. The molecule has 18 heavy (non-hydrogen) atoms. The van der Waals surface area contributed by atoms with Crippen LogP contribution in [0.5, 0.6) is 11.5 Å². The van der Waals surface area contributed by atoms with Crippen LogP contribution in [-0.2, 0) is 0 Å². The largest absolute Gasteiger partial charge is 0.457 e. The molecule has 94 valence electrons. The van der Waals surface area contributed by atoms with E-state index < -0.39 is 0 Å². The third kappa shape index (κ3) is 2.59. The molecular formula is C15H16ClNO. The molecule has 0 aliphatic rings. The van der Waals surface area contributed by atoms with E-state index >= 15 is 0 Å². The molecule has 3 heteroatoms. The Bertz CT molecular complexity index is 570. The van der Waals surface area contributed by atoms with Gasteiger partial charge in [0.25, 0.3) is 0 Å². The van der Waals surface area contributed by atoms with E-state index in [2.05, 4.69) is 13.0 Å². The van der Waals surface area contributed by atoms with Crippen molar-refractivity contribution in [3.8, 4) is 11.5 Å². The van der Waals surface area contributed by atoms with Crippen LogP contribution in [0.25, 0.3) is 0 Å². The van der Waals surface area contributed by atoms with Crippen molar-refractivity contribution in [3.63, 3.8) is 0 Å². The van der Waals surface area contributed by atoms with Gasteiger partial charge in [-0.05, 0) is 44.0 Å². The van der Waals surface area contributed by atoms with Gasteiger partial charge in [-0.3, -0.25) is 0 Å². The van der Waals surface area contributed by atoms with Crippen LogP contribution in [0.4, 0.5) is 5.69 Å². The minimum Gasteiger partial charge on any atom is -0.457 e. The van der Waals surface area contributed by atoms with Crippen molar-refractivity contribution in [1.29, 1.82) is 0 Å². The summed E-state index contributed by atoms with van der Waals surface area (Å²) in [4.78, 5) is 0. The Kier molecular flexibility index (Phi) is 3.48. The van der Waals surface area contributed by atoms with Crippen LogP contribution >= 0.6 is 11.6 Å². The highest BCUT2D eigenvalue weighted by Gasteiger charge is 2.06. The molecule has 0 saturated carbocycles. The molecule has 2 nitrogen and oxygen atoms in total. The second kappa shape index (κ2) is 4.91. The van der Waals surface area contributed by atoms with Gasteiger partial charge in [-0.1, -0.05) is 29.3 Å². The Labute approximate surface area is 112 Å². The number of nitrogen functional groups attached to an aromatic ring is 1. The Morgan fingerprint density at radius 3 is 2.33 bits per heavy atom. The van der Waals surface area contributed by atoms with Gasteiger partial charge in [0.1, 0.15) is 11.5 Å². The van der Waals surface area contributed by atoms with Crippen molar-refractivity contribution in [2.75, 3.05) is 5.73 Å². The maximum Gasteiger partial charge on any atom is 0.130 e. The van der Waals surface area contributed by atoms with E-state index in [1.807, 2.05) is 32.0 Å². The number of nitrogens with two attached hydrogens (primary N) is 1. The lowest BCUT2D eigenvalue weighted by molar-refractivity contribution is 0.478. The summed E-state index contributed by atoms with van der Waals surface area (Å²) < 4.78 is 5.84. The zero-order chi connectivity index (χ0) is 13.3. The van der Waals surface area contributed by atoms with Crippen molar-refractivity contribution in [3.05, 3.63) is 52.0 Å². The molecule has 2 aromatic carbocycles. The highest BCUT2D eigenvalue weighted by Crippen LogP contribution is 2.32. The fraction of sp³-hybridized carbons (Fsp3) is 0.200. The topological polar surface area (TPSA) is 35.2 Å². The molecule has 0 spiro atoms. The summed E-state index contributed by atoms with van der Waals surface area (Å²) in [5.41, 5.74) is 9.64. The molecule has 2 rings (SSSR count). The first kappa shape index (κ1) is 12.8. The predicted molar refractivity (Wildman–Crippen MR) is 76.6 cm³/mol. The first-order valence-corrected chi connectivity index (χ1v) is 6.16. The van der Waals surface area contributed by atoms with Gasteiger partial charge in [0, 0.05) is 6.07 Å². The van der Waals surface area contributed by atoms with E-state index in [1.54, 1.807) is 6.07 Å². The quantitative estimate of drug-likeness (QED) is 0.800. The normalized spacial score (nSPS) is 10.4. The van der Waals surface area contributed by atoms with Crippen LogP contribution in [0.3, 0.4) is 0 Å². The zero-order valence-corrected chi connectivity index (χ0v) is 11.5. The minimum atomic E-state index is 0.523. The van der Waals surface area contributed by atoms with Crippen molar-refractivity contribution < 1.29 is 4.74 Å². The first-order chi connectivity index (χ1) is 8.47. The van der Waals surface area contributed by atoms with Crippen LogP contribution in [0.15, 0.2) is 30.3 Å². The summed E-state index contributed by atoms with van der Waals surface area (Å²) in [6.07, 6.45) is 0. The second-order valence-corrected chi connectivity index (χ2v) is 4.91. The van der Waals surface area contributed by atoms with Crippen LogP contribution in [0, 0.1) is 20.8 Å². The fourth-order valence-electron chi connectivity index (χ4n) is 1.82. The third-order valence-electron chi connectivity index (χ3n) is 2.87. The van der Waals surface area contributed by atoms with E-state index in [4.69, 9.17) is 22.1 Å². The second-order valence-electron chi connectivity index (χ2n) is 4.51. The number of hydrogen-bond donors (Lipinski definition) is 1. The lowest BCUT2D eigenvalue weighted by Gasteiger charge is -2.11. The molecule has 0 amide bonds. The van der Waals surface area contributed by atoms with Gasteiger partial charge in [-0.25, -0.2) is 0 Å². The van der Waals surface area contributed by atoms with Crippen molar-refractivity contribution in [1.82, 2.24) is 0 Å². The number of halogens is 1. The van der Waals surface area contributed by atoms with Gasteiger partial charge in [0.2, 0.25) is 0 Å². The summed E-state index contributed by atoms with van der Waals surface area (Å²) in [7, 11) is 0. The van der Waals surface area contributed by atoms with Crippen molar-refractivity contribution >= 4 is 17.3 Å². The standard InChI is InChI=1S/C15H16ClNO/c1-9-4-5-14(10(2)6-9)18-12-7-11(3)15(17)13(16)8-12/h4-8H,17H2,1-3H3. The highest BCUT2D eigenvalue weighted by molar-refractivity contribution is 6.33. The maximum atomic E-state index is 6.05. The summed E-state index contributed by atoms with van der Waals surface area (Å²) in [5.74, 6) is 1.54. The van der Waals surface area contributed by atoms with Gasteiger partial charge >= 0.3 is 0 Å². The average Bonchev–Trinajstić information content (AvgIpc) is 2.29. The van der Waals surface area contributed by atoms with Crippen LogP contribution in [0.1, 0.15) is 16.7 Å². The molecule has 0 radical (unpaired) electrons. The molecule has 0 aliphatic heterocycles.